The highest BCUT2D eigenvalue weighted by Crippen LogP contribution is 2.29. The Morgan fingerprint density at radius 2 is 1.93 bits per heavy atom. The van der Waals surface area contributed by atoms with E-state index in [9.17, 15) is 0 Å². The Bertz CT molecular complexity index is 171. The van der Waals surface area contributed by atoms with Gasteiger partial charge < -0.3 is 10.6 Å². The molecule has 2 nitrogen and oxygen atoms in total. The Labute approximate surface area is 99.0 Å². The summed E-state index contributed by atoms with van der Waals surface area (Å²) in [5, 5.41) is 0. The highest BCUT2D eigenvalue weighted by molar-refractivity contribution is 8.00. The molecule has 0 spiro atoms. The van der Waals surface area contributed by atoms with Crippen molar-refractivity contribution in [2.24, 2.45) is 5.73 Å². The van der Waals surface area contributed by atoms with Gasteiger partial charge in [-0.2, -0.15) is 11.8 Å². The van der Waals surface area contributed by atoms with Crippen LogP contribution in [0, 0.1) is 0 Å². The molecule has 3 heteroatoms. The van der Waals surface area contributed by atoms with Crippen LogP contribution >= 0.6 is 11.8 Å². The van der Waals surface area contributed by atoms with Crippen molar-refractivity contribution in [3.63, 3.8) is 0 Å². The standard InChI is InChI=1S/C12H26N2S/c1-12(2)11-14(9-10-15-12)8-6-4-3-5-7-13/h3-11,13H2,1-2H3. The summed E-state index contributed by atoms with van der Waals surface area (Å²) in [7, 11) is 0. The van der Waals surface area contributed by atoms with Crippen LogP contribution in [0.15, 0.2) is 0 Å². The lowest BCUT2D eigenvalue weighted by Crippen LogP contribution is -2.43. The highest BCUT2D eigenvalue weighted by Gasteiger charge is 2.26. The quantitative estimate of drug-likeness (QED) is 0.710. The zero-order chi connectivity index (χ0) is 11.1. The second kappa shape index (κ2) is 6.77. The molecule has 1 aliphatic heterocycles. The van der Waals surface area contributed by atoms with Gasteiger partial charge in [-0.05, 0) is 39.8 Å². The molecule has 0 atom stereocenters. The van der Waals surface area contributed by atoms with Crippen molar-refractivity contribution >= 4 is 11.8 Å². The smallest absolute Gasteiger partial charge is 0.0231 e. The fraction of sp³-hybridized carbons (Fsp3) is 1.00. The van der Waals surface area contributed by atoms with Crippen LogP contribution in [0.25, 0.3) is 0 Å². The fourth-order valence-corrected chi connectivity index (χ4v) is 3.31. The Morgan fingerprint density at radius 3 is 2.60 bits per heavy atom. The molecule has 0 saturated carbocycles. The third-order valence-corrected chi connectivity index (χ3v) is 4.23. The topological polar surface area (TPSA) is 29.3 Å². The van der Waals surface area contributed by atoms with Gasteiger partial charge in [0.25, 0.3) is 0 Å². The van der Waals surface area contributed by atoms with Gasteiger partial charge in [0.1, 0.15) is 0 Å². The molecule has 0 aromatic rings. The molecular weight excluding hydrogens is 204 g/mol. The summed E-state index contributed by atoms with van der Waals surface area (Å²) in [6.45, 7) is 9.40. The molecule has 0 bridgehead atoms. The fourth-order valence-electron chi connectivity index (χ4n) is 2.14. The molecule has 0 aromatic heterocycles. The predicted octanol–water partition coefficient (Wildman–Crippen LogP) is 2.33. The lowest BCUT2D eigenvalue weighted by atomic mass is 10.1. The van der Waals surface area contributed by atoms with Crippen LogP contribution in [0.2, 0.25) is 0 Å². The molecule has 1 rings (SSSR count). The van der Waals surface area contributed by atoms with Gasteiger partial charge in [-0.25, -0.2) is 0 Å². The second-order valence-electron chi connectivity index (χ2n) is 5.09. The van der Waals surface area contributed by atoms with E-state index in [2.05, 4.69) is 30.5 Å². The third-order valence-electron chi connectivity index (χ3n) is 2.93. The molecule has 0 unspecified atom stereocenters. The Balaban J connectivity index is 2.05. The summed E-state index contributed by atoms with van der Waals surface area (Å²) < 4.78 is 0.468. The maximum Gasteiger partial charge on any atom is 0.0231 e. The van der Waals surface area contributed by atoms with Gasteiger partial charge in [-0.1, -0.05) is 12.8 Å². The molecule has 2 N–H and O–H groups in total. The molecule has 1 aliphatic rings. The normalized spacial score (nSPS) is 21.8. The van der Waals surface area contributed by atoms with E-state index < -0.39 is 0 Å². The third kappa shape index (κ3) is 5.79. The zero-order valence-electron chi connectivity index (χ0n) is 10.3. The maximum absolute atomic E-state index is 5.48. The first kappa shape index (κ1) is 13.3. The van der Waals surface area contributed by atoms with E-state index in [-0.39, 0.29) is 0 Å². The average Bonchev–Trinajstić information content (AvgIpc) is 2.16. The van der Waals surface area contributed by atoms with Gasteiger partial charge in [0.15, 0.2) is 0 Å². The number of hydrogen-bond acceptors (Lipinski definition) is 3. The Hall–Kier alpha value is 0.270. The lowest BCUT2D eigenvalue weighted by molar-refractivity contribution is 0.254. The number of hydrogen-bond donors (Lipinski definition) is 1. The van der Waals surface area contributed by atoms with Crippen LogP contribution in [0.1, 0.15) is 39.5 Å². The SMILES string of the molecule is CC1(C)CN(CCCCCCN)CCS1. The van der Waals surface area contributed by atoms with Crippen molar-refractivity contribution in [1.82, 2.24) is 4.90 Å². The van der Waals surface area contributed by atoms with Gasteiger partial charge in [0.05, 0.1) is 0 Å². The Morgan fingerprint density at radius 1 is 1.20 bits per heavy atom. The van der Waals surface area contributed by atoms with Crippen LogP contribution in [0.5, 0.6) is 0 Å². The summed E-state index contributed by atoms with van der Waals surface area (Å²) >= 11 is 2.11. The molecule has 90 valence electrons. The molecule has 15 heavy (non-hydrogen) atoms. The summed E-state index contributed by atoms with van der Waals surface area (Å²) in [5.41, 5.74) is 5.48. The predicted molar refractivity (Wildman–Crippen MR) is 70.5 cm³/mol. The highest BCUT2D eigenvalue weighted by atomic mass is 32.2. The van der Waals surface area contributed by atoms with Crippen LogP contribution < -0.4 is 5.73 Å². The monoisotopic (exact) mass is 230 g/mol. The summed E-state index contributed by atoms with van der Waals surface area (Å²) in [6, 6.07) is 0. The average molecular weight is 230 g/mol. The van der Waals surface area contributed by atoms with Crippen molar-refractivity contribution in [2.45, 2.75) is 44.3 Å². The number of unbranched alkanes of at least 4 members (excludes halogenated alkanes) is 3. The Kier molecular flexibility index (Phi) is 6.02. The van der Waals surface area contributed by atoms with Crippen LogP contribution in [0.4, 0.5) is 0 Å². The molecule has 1 heterocycles. The van der Waals surface area contributed by atoms with E-state index in [4.69, 9.17) is 5.73 Å². The van der Waals surface area contributed by atoms with Gasteiger partial charge in [-0.15, -0.1) is 0 Å². The van der Waals surface area contributed by atoms with Crippen molar-refractivity contribution in [1.29, 1.82) is 0 Å². The minimum absolute atomic E-state index is 0.468. The molecule has 1 saturated heterocycles. The molecule has 0 radical (unpaired) electrons. The van der Waals surface area contributed by atoms with E-state index in [1.165, 1.54) is 51.1 Å². The number of thioether (sulfide) groups is 1. The molecule has 0 aliphatic carbocycles. The van der Waals surface area contributed by atoms with Gasteiger partial charge in [0.2, 0.25) is 0 Å². The first-order valence-electron chi connectivity index (χ1n) is 6.20. The maximum atomic E-state index is 5.48. The van der Waals surface area contributed by atoms with Gasteiger partial charge >= 0.3 is 0 Å². The number of nitrogens with two attached hydrogens (primary N) is 1. The van der Waals surface area contributed by atoms with E-state index in [1.54, 1.807) is 0 Å². The van der Waals surface area contributed by atoms with Crippen molar-refractivity contribution in [3.8, 4) is 0 Å². The lowest BCUT2D eigenvalue weighted by Gasteiger charge is -2.37. The van der Waals surface area contributed by atoms with E-state index in [1.807, 2.05) is 0 Å². The summed E-state index contributed by atoms with van der Waals surface area (Å²) in [4.78, 5) is 2.62. The summed E-state index contributed by atoms with van der Waals surface area (Å²) in [6.07, 6.45) is 5.20. The molecule has 1 fully saturated rings. The summed E-state index contributed by atoms with van der Waals surface area (Å²) in [5.74, 6) is 1.30. The van der Waals surface area contributed by atoms with Crippen molar-refractivity contribution < 1.29 is 0 Å². The first-order chi connectivity index (χ1) is 7.14. The largest absolute Gasteiger partial charge is 0.330 e. The zero-order valence-corrected chi connectivity index (χ0v) is 11.1. The minimum Gasteiger partial charge on any atom is -0.330 e. The van der Waals surface area contributed by atoms with E-state index in [0.29, 0.717) is 4.75 Å². The van der Waals surface area contributed by atoms with Gasteiger partial charge in [0, 0.05) is 23.6 Å². The second-order valence-corrected chi connectivity index (χ2v) is 6.89. The van der Waals surface area contributed by atoms with Crippen LogP contribution in [-0.2, 0) is 0 Å². The van der Waals surface area contributed by atoms with Crippen molar-refractivity contribution in [3.05, 3.63) is 0 Å². The van der Waals surface area contributed by atoms with Crippen LogP contribution in [-0.4, -0.2) is 41.6 Å². The number of nitrogens with zero attached hydrogens (tertiary/aromatic N) is 1. The van der Waals surface area contributed by atoms with Crippen molar-refractivity contribution in [2.75, 3.05) is 31.9 Å². The number of rotatable bonds is 6. The minimum atomic E-state index is 0.468. The van der Waals surface area contributed by atoms with Crippen LogP contribution in [0.3, 0.4) is 0 Å². The first-order valence-corrected chi connectivity index (χ1v) is 7.19. The molecule has 0 aromatic carbocycles. The molecular formula is C12H26N2S. The van der Waals surface area contributed by atoms with E-state index >= 15 is 0 Å². The molecule has 0 amide bonds. The van der Waals surface area contributed by atoms with E-state index in [0.717, 1.165) is 6.54 Å². The van der Waals surface area contributed by atoms with Gasteiger partial charge in [-0.3, -0.25) is 0 Å².